The molecule has 0 spiro atoms. The van der Waals surface area contributed by atoms with Gasteiger partial charge in [0.05, 0.1) is 0 Å². The Balaban J connectivity index is 3.68. The molecule has 21 heavy (non-hydrogen) atoms. The molecule has 1 aromatic rings. The smallest absolute Gasteiger partial charge is 0.365 e. The molecule has 0 saturated heterocycles. The first-order valence-electron chi connectivity index (χ1n) is 4.51. The number of hydrogen-bond acceptors (Lipinski definition) is 6. The Labute approximate surface area is 116 Å². The van der Waals surface area contributed by atoms with Gasteiger partial charge in [0.15, 0.2) is 4.90 Å². The van der Waals surface area contributed by atoms with Crippen molar-refractivity contribution in [3.8, 4) is 5.88 Å². The molecule has 0 unspecified atom stereocenters. The first-order valence-corrected chi connectivity index (χ1v) is 6.81. The van der Waals surface area contributed by atoms with Crippen LogP contribution >= 0.6 is 10.7 Å². The summed E-state index contributed by atoms with van der Waals surface area (Å²) >= 11 is 0. The molecule has 0 atom stereocenters. The minimum atomic E-state index is -5.47. The normalized spacial score (nSPS) is 12.5. The fourth-order valence-corrected chi connectivity index (χ4v) is 2.04. The van der Waals surface area contributed by atoms with E-state index in [1.807, 2.05) is 0 Å². The SMILES string of the molecule is O=[N+]([O-])c1nc(OC(F)(F)F)c(S(=O)(=O)Cl)cc1C(F)F. The molecule has 14 heteroatoms. The largest absolute Gasteiger partial charge is 0.575 e. The Bertz CT molecular complexity index is 677. The van der Waals surface area contributed by atoms with Gasteiger partial charge >= 0.3 is 18.1 Å². The first kappa shape index (κ1) is 17.3. The maximum absolute atomic E-state index is 12.6. The van der Waals surface area contributed by atoms with Crippen molar-refractivity contribution in [2.75, 3.05) is 0 Å². The molecule has 0 saturated carbocycles. The van der Waals surface area contributed by atoms with Gasteiger partial charge in [-0.25, -0.2) is 17.2 Å². The van der Waals surface area contributed by atoms with Crippen LogP contribution in [0.25, 0.3) is 0 Å². The lowest BCUT2D eigenvalue weighted by Gasteiger charge is -2.09. The maximum atomic E-state index is 12.6. The van der Waals surface area contributed by atoms with E-state index >= 15 is 0 Å². The van der Waals surface area contributed by atoms with Crippen LogP contribution in [0.2, 0.25) is 0 Å². The summed E-state index contributed by atoms with van der Waals surface area (Å²) in [6, 6.07) is -0.0980. The highest BCUT2D eigenvalue weighted by atomic mass is 35.7. The van der Waals surface area contributed by atoms with Crippen molar-refractivity contribution in [3.63, 3.8) is 0 Å². The molecule has 0 bridgehead atoms. The van der Waals surface area contributed by atoms with E-state index in [1.165, 1.54) is 0 Å². The Morgan fingerprint density at radius 3 is 2.24 bits per heavy atom. The molecule has 0 aliphatic heterocycles. The van der Waals surface area contributed by atoms with Crippen LogP contribution in [-0.4, -0.2) is 24.7 Å². The number of pyridine rings is 1. The topological polar surface area (TPSA) is 99.4 Å². The summed E-state index contributed by atoms with van der Waals surface area (Å²) in [4.78, 5) is 9.97. The van der Waals surface area contributed by atoms with Crippen molar-refractivity contribution >= 4 is 25.6 Å². The Morgan fingerprint density at radius 2 is 1.90 bits per heavy atom. The van der Waals surface area contributed by atoms with Gasteiger partial charge in [0.1, 0.15) is 5.56 Å². The minimum Gasteiger partial charge on any atom is -0.365 e. The van der Waals surface area contributed by atoms with E-state index in [1.54, 1.807) is 0 Å². The number of alkyl halides is 5. The summed E-state index contributed by atoms with van der Waals surface area (Å²) in [5.41, 5.74) is -1.52. The molecule has 0 amide bonds. The summed E-state index contributed by atoms with van der Waals surface area (Å²) in [6.45, 7) is 0. The molecule has 1 aromatic heterocycles. The fourth-order valence-electron chi connectivity index (χ4n) is 1.15. The molecule has 0 radical (unpaired) electrons. The average Bonchev–Trinajstić information content (AvgIpc) is 2.23. The van der Waals surface area contributed by atoms with Crippen molar-refractivity contribution < 1.29 is 40.0 Å². The van der Waals surface area contributed by atoms with Gasteiger partial charge in [-0.15, -0.1) is 13.2 Å². The molecule has 0 aromatic carbocycles. The summed E-state index contributed by atoms with van der Waals surface area (Å²) < 4.78 is 86.7. The van der Waals surface area contributed by atoms with Gasteiger partial charge < -0.3 is 14.9 Å². The second-order valence-electron chi connectivity index (χ2n) is 3.25. The van der Waals surface area contributed by atoms with Gasteiger partial charge in [-0.05, 0) is 11.0 Å². The van der Waals surface area contributed by atoms with Crippen LogP contribution in [0.4, 0.5) is 27.8 Å². The second-order valence-corrected chi connectivity index (χ2v) is 5.78. The molecular formula is C7H2ClF5N2O5S. The van der Waals surface area contributed by atoms with Crippen LogP contribution < -0.4 is 4.74 Å². The zero-order chi connectivity index (χ0) is 16.6. The average molecular weight is 357 g/mol. The highest BCUT2D eigenvalue weighted by Crippen LogP contribution is 2.37. The summed E-state index contributed by atoms with van der Waals surface area (Å²) in [5.74, 6) is -3.51. The molecule has 0 fully saturated rings. The highest BCUT2D eigenvalue weighted by molar-refractivity contribution is 8.13. The van der Waals surface area contributed by atoms with E-state index in [9.17, 15) is 40.5 Å². The van der Waals surface area contributed by atoms with E-state index in [0.717, 1.165) is 0 Å². The Morgan fingerprint density at radius 1 is 1.38 bits per heavy atom. The van der Waals surface area contributed by atoms with Crippen LogP contribution in [-0.2, 0) is 9.05 Å². The lowest BCUT2D eigenvalue weighted by molar-refractivity contribution is -0.391. The predicted octanol–water partition coefficient (Wildman–Crippen LogP) is 2.75. The Kier molecular flexibility index (Phi) is 4.57. The van der Waals surface area contributed by atoms with Crippen LogP contribution in [0.5, 0.6) is 5.88 Å². The zero-order valence-corrected chi connectivity index (χ0v) is 10.8. The molecule has 7 nitrogen and oxygen atoms in total. The van der Waals surface area contributed by atoms with Crippen LogP contribution in [0.3, 0.4) is 0 Å². The van der Waals surface area contributed by atoms with E-state index < -0.39 is 48.9 Å². The van der Waals surface area contributed by atoms with Crippen molar-refractivity contribution in [1.29, 1.82) is 0 Å². The van der Waals surface area contributed by atoms with Crippen LogP contribution in [0.1, 0.15) is 12.0 Å². The minimum absolute atomic E-state index is 0.0980. The third kappa shape index (κ3) is 4.35. The monoisotopic (exact) mass is 356 g/mol. The number of ether oxygens (including phenoxy) is 1. The van der Waals surface area contributed by atoms with Crippen molar-refractivity contribution in [2.45, 2.75) is 17.7 Å². The maximum Gasteiger partial charge on any atom is 0.575 e. The number of nitro groups is 1. The van der Waals surface area contributed by atoms with Gasteiger partial charge in [0, 0.05) is 15.7 Å². The Hall–Kier alpha value is -1.76. The predicted molar refractivity (Wildman–Crippen MR) is 55.6 cm³/mol. The lowest BCUT2D eigenvalue weighted by atomic mass is 10.2. The number of halogens is 6. The molecule has 1 rings (SSSR count). The van der Waals surface area contributed by atoms with Crippen LogP contribution in [0, 0.1) is 10.1 Å². The van der Waals surface area contributed by atoms with Gasteiger partial charge in [0.2, 0.25) is 0 Å². The molecule has 0 N–H and O–H groups in total. The number of hydrogen-bond donors (Lipinski definition) is 0. The van der Waals surface area contributed by atoms with E-state index in [0.29, 0.717) is 0 Å². The van der Waals surface area contributed by atoms with Crippen molar-refractivity contribution in [1.82, 2.24) is 4.98 Å². The molecule has 118 valence electrons. The highest BCUT2D eigenvalue weighted by Gasteiger charge is 2.40. The summed E-state index contributed by atoms with van der Waals surface area (Å²) in [7, 11) is -0.204. The molecule has 0 aliphatic carbocycles. The second kappa shape index (κ2) is 5.55. The fraction of sp³-hybridized carbons (Fsp3) is 0.286. The molecular weight excluding hydrogens is 355 g/mol. The van der Waals surface area contributed by atoms with Crippen LogP contribution in [0.15, 0.2) is 11.0 Å². The van der Waals surface area contributed by atoms with Gasteiger partial charge in [-0.1, -0.05) is 0 Å². The zero-order valence-electron chi connectivity index (χ0n) is 9.27. The van der Waals surface area contributed by atoms with Crippen molar-refractivity contribution in [3.05, 3.63) is 21.7 Å². The van der Waals surface area contributed by atoms with Gasteiger partial charge in [-0.3, -0.25) is 0 Å². The van der Waals surface area contributed by atoms with Crippen molar-refractivity contribution in [2.24, 2.45) is 0 Å². The lowest BCUT2D eigenvalue weighted by Crippen LogP contribution is -2.20. The van der Waals surface area contributed by atoms with E-state index in [-0.39, 0.29) is 6.07 Å². The van der Waals surface area contributed by atoms with Gasteiger partial charge in [-0.2, -0.15) is 0 Å². The standard InChI is InChI=1S/C7H2ClF5N2O5S/c8-21(18,19)3-1-2(4(9)10)5(15(16)17)14-6(3)20-7(11,12)13/h1,4H. The van der Waals surface area contributed by atoms with E-state index in [2.05, 4.69) is 9.72 Å². The van der Waals surface area contributed by atoms with Gasteiger partial charge in [0.25, 0.3) is 15.5 Å². The number of aromatic nitrogens is 1. The third-order valence-corrected chi connectivity index (χ3v) is 3.16. The molecule has 1 heterocycles. The van der Waals surface area contributed by atoms with E-state index in [4.69, 9.17) is 10.7 Å². The quantitative estimate of drug-likeness (QED) is 0.356. The number of nitrogens with zero attached hydrogens (tertiary/aromatic N) is 2. The molecule has 0 aliphatic rings. The number of rotatable bonds is 4. The summed E-state index contributed by atoms with van der Waals surface area (Å²) in [6.07, 6.45) is -9.04. The summed E-state index contributed by atoms with van der Waals surface area (Å²) in [5, 5.41) is 10.5. The first-order chi connectivity index (χ1) is 9.33. The third-order valence-electron chi connectivity index (χ3n) is 1.85.